The Bertz CT molecular complexity index is 390. The Hall–Kier alpha value is -1.23. The second-order valence-electron chi connectivity index (χ2n) is 4.78. The smallest absolute Gasteiger partial charge is 0.147 e. The van der Waals surface area contributed by atoms with Crippen molar-refractivity contribution >= 4 is 11.5 Å². The SMILES string of the molecule is CCc1nn(C)c(NCC2(OC)CCC2)c1N. The molecule has 1 heterocycles. The highest BCUT2D eigenvalue weighted by molar-refractivity contribution is 5.65. The van der Waals surface area contributed by atoms with Gasteiger partial charge in [0.05, 0.1) is 17.0 Å². The first-order valence-electron chi connectivity index (χ1n) is 6.22. The number of nitrogen functional groups attached to an aromatic ring is 1. The van der Waals surface area contributed by atoms with Crippen LogP contribution in [0.25, 0.3) is 0 Å². The highest BCUT2D eigenvalue weighted by Gasteiger charge is 2.37. The molecule has 1 fully saturated rings. The van der Waals surface area contributed by atoms with E-state index in [2.05, 4.69) is 17.3 Å². The molecule has 5 nitrogen and oxygen atoms in total. The average molecular weight is 238 g/mol. The van der Waals surface area contributed by atoms with E-state index in [1.165, 1.54) is 6.42 Å². The minimum absolute atomic E-state index is 0.00306. The zero-order chi connectivity index (χ0) is 12.5. The summed E-state index contributed by atoms with van der Waals surface area (Å²) in [5.74, 6) is 0.908. The van der Waals surface area contributed by atoms with Crippen LogP contribution in [0.3, 0.4) is 0 Å². The number of nitrogens with zero attached hydrogens (tertiary/aromatic N) is 2. The van der Waals surface area contributed by atoms with Crippen LogP contribution in [0.4, 0.5) is 11.5 Å². The monoisotopic (exact) mass is 238 g/mol. The van der Waals surface area contributed by atoms with Crippen molar-refractivity contribution in [2.75, 3.05) is 24.7 Å². The zero-order valence-corrected chi connectivity index (χ0v) is 10.9. The highest BCUT2D eigenvalue weighted by Crippen LogP contribution is 2.35. The van der Waals surface area contributed by atoms with Crippen molar-refractivity contribution in [3.8, 4) is 0 Å². The van der Waals surface area contributed by atoms with Crippen LogP contribution in [0, 0.1) is 0 Å². The van der Waals surface area contributed by atoms with Crippen LogP contribution in [-0.2, 0) is 18.2 Å². The minimum atomic E-state index is 0.00306. The number of nitrogens with one attached hydrogen (secondary N) is 1. The summed E-state index contributed by atoms with van der Waals surface area (Å²) in [6.45, 7) is 2.86. The summed E-state index contributed by atoms with van der Waals surface area (Å²) in [7, 11) is 3.70. The van der Waals surface area contributed by atoms with Crippen molar-refractivity contribution in [2.24, 2.45) is 7.05 Å². The third kappa shape index (κ3) is 2.11. The van der Waals surface area contributed by atoms with Crippen molar-refractivity contribution in [3.63, 3.8) is 0 Å². The lowest BCUT2D eigenvalue weighted by Gasteiger charge is -2.40. The molecule has 1 aromatic heterocycles. The fourth-order valence-electron chi connectivity index (χ4n) is 2.34. The van der Waals surface area contributed by atoms with Gasteiger partial charge >= 0.3 is 0 Å². The predicted molar refractivity (Wildman–Crippen MR) is 69.1 cm³/mol. The fraction of sp³-hybridized carbons (Fsp3) is 0.750. The predicted octanol–water partition coefficient (Wildman–Crippen LogP) is 1.55. The first kappa shape index (κ1) is 12.2. The second kappa shape index (κ2) is 4.56. The molecule has 2 rings (SSSR count). The Morgan fingerprint density at radius 3 is 2.65 bits per heavy atom. The van der Waals surface area contributed by atoms with Gasteiger partial charge in [-0.15, -0.1) is 0 Å². The molecule has 1 aliphatic rings. The molecule has 0 atom stereocenters. The molecule has 0 spiro atoms. The summed E-state index contributed by atoms with van der Waals surface area (Å²) in [4.78, 5) is 0. The molecule has 0 amide bonds. The van der Waals surface area contributed by atoms with E-state index in [4.69, 9.17) is 10.5 Å². The van der Waals surface area contributed by atoms with E-state index in [1.807, 2.05) is 11.7 Å². The first-order chi connectivity index (χ1) is 8.12. The van der Waals surface area contributed by atoms with Crippen LogP contribution >= 0.6 is 0 Å². The molecule has 0 aromatic carbocycles. The third-order valence-electron chi connectivity index (χ3n) is 3.77. The van der Waals surface area contributed by atoms with Gasteiger partial charge in [0.1, 0.15) is 5.82 Å². The van der Waals surface area contributed by atoms with E-state index >= 15 is 0 Å². The number of hydrogen-bond acceptors (Lipinski definition) is 4. The summed E-state index contributed by atoms with van der Waals surface area (Å²) >= 11 is 0. The largest absolute Gasteiger partial charge is 0.394 e. The lowest BCUT2D eigenvalue weighted by Crippen LogP contribution is -2.45. The van der Waals surface area contributed by atoms with Crippen LogP contribution in [0.5, 0.6) is 0 Å². The van der Waals surface area contributed by atoms with Gasteiger partial charge in [0.2, 0.25) is 0 Å². The van der Waals surface area contributed by atoms with Crippen LogP contribution in [0.15, 0.2) is 0 Å². The normalized spacial score (nSPS) is 17.8. The molecule has 1 saturated carbocycles. The molecular formula is C12H22N4O. The van der Waals surface area contributed by atoms with Gasteiger partial charge in [-0.1, -0.05) is 6.92 Å². The van der Waals surface area contributed by atoms with Gasteiger partial charge in [-0.25, -0.2) is 0 Å². The Kier molecular flexibility index (Phi) is 3.28. The van der Waals surface area contributed by atoms with Gasteiger partial charge < -0.3 is 15.8 Å². The first-order valence-corrected chi connectivity index (χ1v) is 6.22. The van der Waals surface area contributed by atoms with Gasteiger partial charge in [-0.2, -0.15) is 5.10 Å². The van der Waals surface area contributed by atoms with E-state index in [-0.39, 0.29) is 5.60 Å². The zero-order valence-electron chi connectivity index (χ0n) is 10.9. The number of hydrogen-bond donors (Lipinski definition) is 2. The average Bonchev–Trinajstić information content (AvgIpc) is 2.54. The van der Waals surface area contributed by atoms with E-state index in [9.17, 15) is 0 Å². The Balaban J connectivity index is 2.06. The van der Waals surface area contributed by atoms with Gasteiger partial charge in [0.15, 0.2) is 0 Å². The summed E-state index contributed by atoms with van der Waals surface area (Å²) in [6.07, 6.45) is 4.34. The van der Waals surface area contributed by atoms with Crippen molar-refractivity contribution < 1.29 is 4.74 Å². The number of ether oxygens (including phenoxy) is 1. The molecule has 0 radical (unpaired) electrons. The van der Waals surface area contributed by atoms with Crippen molar-refractivity contribution in [1.29, 1.82) is 0 Å². The van der Waals surface area contributed by atoms with Crippen LogP contribution in [-0.4, -0.2) is 29.0 Å². The number of anilines is 2. The molecule has 1 aliphatic carbocycles. The number of nitrogens with two attached hydrogens (primary N) is 1. The Labute approximate surface area is 102 Å². The molecule has 0 bridgehead atoms. The highest BCUT2D eigenvalue weighted by atomic mass is 16.5. The standard InChI is InChI=1S/C12H22N4O/c1-4-9-10(13)11(16(2)15-9)14-8-12(17-3)6-5-7-12/h14H,4-8,13H2,1-3H3. The molecular weight excluding hydrogens is 216 g/mol. The maximum atomic E-state index is 6.06. The molecule has 3 N–H and O–H groups in total. The number of aryl methyl sites for hydroxylation is 2. The Morgan fingerprint density at radius 1 is 1.53 bits per heavy atom. The van der Waals surface area contributed by atoms with E-state index in [0.717, 1.165) is 43.0 Å². The van der Waals surface area contributed by atoms with E-state index in [0.29, 0.717) is 0 Å². The molecule has 17 heavy (non-hydrogen) atoms. The maximum absolute atomic E-state index is 6.06. The summed E-state index contributed by atoms with van der Waals surface area (Å²) < 4.78 is 7.39. The lowest BCUT2D eigenvalue weighted by molar-refractivity contribution is -0.0602. The van der Waals surface area contributed by atoms with Crippen LogP contribution < -0.4 is 11.1 Å². The minimum Gasteiger partial charge on any atom is -0.394 e. The van der Waals surface area contributed by atoms with Gasteiger partial charge in [-0.05, 0) is 25.7 Å². The quantitative estimate of drug-likeness (QED) is 0.816. The van der Waals surface area contributed by atoms with Crippen molar-refractivity contribution in [3.05, 3.63) is 5.69 Å². The van der Waals surface area contributed by atoms with Crippen molar-refractivity contribution in [2.45, 2.75) is 38.2 Å². The lowest BCUT2D eigenvalue weighted by atomic mass is 9.80. The van der Waals surface area contributed by atoms with Gasteiger partial charge in [-0.3, -0.25) is 4.68 Å². The summed E-state index contributed by atoms with van der Waals surface area (Å²) in [5, 5.41) is 7.77. The molecule has 0 saturated heterocycles. The van der Waals surface area contributed by atoms with Crippen LogP contribution in [0.2, 0.25) is 0 Å². The molecule has 96 valence electrons. The molecule has 0 aliphatic heterocycles. The van der Waals surface area contributed by atoms with Gasteiger partial charge in [0.25, 0.3) is 0 Å². The third-order valence-corrected chi connectivity index (χ3v) is 3.77. The number of methoxy groups -OCH3 is 1. The van der Waals surface area contributed by atoms with Crippen molar-refractivity contribution in [1.82, 2.24) is 9.78 Å². The summed E-state index contributed by atoms with van der Waals surface area (Å²) in [5.41, 5.74) is 7.78. The maximum Gasteiger partial charge on any atom is 0.147 e. The van der Waals surface area contributed by atoms with E-state index < -0.39 is 0 Å². The number of aromatic nitrogens is 2. The second-order valence-corrected chi connectivity index (χ2v) is 4.78. The number of rotatable bonds is 5. The fourth-order valence-corrected chi connectivity index (χ4v) is 2.34. The molecule has 1 aromatic rings. The van der Waals surface area contributed by atoms with Crippen LogP contribution in [0.1, 0.15) is 31.9 Å². The summed E-state index contributed by atoms with van der Waals surface area (Å²) in [6, 6.07) is 0. The molecule has 0 unspecified atom stereocenters. The topological polar surface area (TPSA) is 65.1 Å². The Morgan fingerprint density at radius 2 is 2.24 bits per heavy atom. The van der Waals surface area contributed by atoms with E-state index in [1.54, 1.807) is 7.11 Å². The van der Waals surface area contributed by atoms with Gasteiger partial charge in [0, 0.05) is 20.7 Å². The molecule has 5 heteroatoms.